The van der Waals surface area contributed by atoms with Crippen molar-refractivity contribution in [2.45, 2.75) is 38.6 Å². The van der Waals surface area contributed by atoms with Crippen molar-refractivity contribution in [3.63, 3.8) is 0 Å². The Balaban J connectivity index is 2.36. The quantitative estimate of drug-likeness (QED) is 0.769. The second kappa shape index (κ2) is 8.09. The highest BCUT2D eigenvalue weighted by molar-refractivity contribution is 5.74. The van der Waals surface area contributed by atoms with Crippen molar-refractivity contribution < 1.29 is 14.7 Å². The van der Waals surface area contributed by atoms with Crippen LogP contribution in [-0.2, 0) is 4.79 Å². The molecule has 2 amide bonds. The smallest absolute Gasteiger partial charge is 0.317 e. The lowest BCUT2D eigenvalue weighted by atomic mass is 9.95. The summed E-state index contributed by atoms with van der Waals surface area (Å²) in [4.78, 5) is 26.7. The largest absolute Gasteiger partial charge is 0.481 e. The molecule has 6 heteroatoms. The van der Waals surface area contributed by atoms with Crippen LogP contribution >= 0.6 is 0 Å². The highest BCUT2D eigenvalue weighted by Crippen LogP contribution is 2.19. The van der Waals surface area contributed by atoms with Gasteiger partial charge >= 0.3 is 12.0 Å². The Morgan fingerprint density at radius 2 is 2.15 bits per heavy atom. The van der Waals surface area contributed by atoms with Gasteiger partial charge in [0.15, 0.2) is 0 Å². The van der Waals surface area contributed by atoms with E-state index in [-0.39, 0.29) is 24.4 Å². The number of carbonyl (C=O) groups is 2. The monoisotopic (exact) mass is 285 g/mol. The van der Waals surface area contributed by atoms with E-state index in [2.05, 4.69) is 10.2 Å². The third-order valence-electron chi connectivity index (χ3n) is 3.65. The van der Waals surface area contributed by atoms with E-state index in [1.807, 2.05) is 21.0 Å². The van der Waals surface area contributed by atoms with Gasteiger partial charge in [-0.3, -0.25) is 4.79 Å². The number of aliphatic carboxylic acids is 1. The van der Waals surface area contributed by atoms with Gasteiger partial charge in [-0.05, 0) is 52.7 Å². The maximum absolute atomic E-state index is 12.1. The number of nitrogens with zero attached hydrogens (tertiary/aromatic N) is 2. The van der Waals surface area contributed by atoms with Crippen molar-refractivity contribution in [3.8, 4) is 0 Å². The summed E-state index contributed by atoms with van der Waals surface area (Å²) < 4.78 is 0. The van der Waals surface area contributed by atoms with Crippen LogP contribution in [0.25, 0.3) is 0 Å². The van der Waals surface area contributed by atoms with E-state index in [4.69, 9.17) is 5.11 Å². The summed E-state index contributed by atoms with van der Waals surface area (Å²) in [7, 11) is 4.02. The van der Waals surface area contributed by atoms with Crippen molar-refractivity contribution in [2.75, 3.05) is 33.7 Å². The lowest BCUT2D eigenvalue weighted by molar-refractivity contribution is -0.138. The zero-order valence-corrected chi connectivity index (χ0v) is 12.8. The molecule has 1 saturated heterocycles. The average Bonchev–Trinajstić information content (AvgIpc) is 2.36. The molecule has 0 saturated carbocycles. The van der Waals surface area contributed by atoms with Crippen molar-refractivity contribution in [1.82, 2.24) is 15.1 Å². The summed E-state index contributed by atoms with van der Waals surface area (Å²) >= 11 is 0. The Labute approximate surface area is 121 Å². The lowest BCUT2D eigenvalue weighted by Crippen LogP contribution is -2.48. The molecule has 0 aromatic carbocycles. The van der Waals surface area contributed by atoms with Crippen molar-refractivity contribution >= 4 is 12.0 Å². The van der Waals surface area contributed by atoms with Gasteiger partial charge in [0, 0.05) is 25.6 Å². The Kier molecular flexibility index (Phi) is 6.78. The van der Waals surface area contributed by atoms with Gasteiger partial charge in [0.1, 0.15) is 0 Å². The van der Waals surface area contributed by atoms with Gasteiger partial charge in [0.2, 0.25) is 0 Å². The maximum Gasteiger partial charge on any atom is 0.317 e. The number of carboxylic acids is 1. The zero-order valence-electron chi connectivity index (χ0n) is 12.8. The lowest BCUT2D eigenvalue weighted by Gasteiger charge is -2.33. The third-order valence-corrected chi connectivity index (χ3v) is 3.65. The van der Waals surface area contributed by atoms with Crippen LogP contribution in [0.1, 0.15) is 32.6 Å². The maximum atomic E-state index is 12.1. The molecule has 0 aromatic rings. The van der Waals surface area contributed by atoms with E-state index in [1.165, 1.54) is 0 Å². The molecule has 1 heterocycles. The Hall–Kier alpha value is -1.30. The number of rotatable bonds is 6. The standard InChI is InChI=1S/C14H27N3O3/c1-11(6-8-16(2)3)15-14(20)17-7-4-5-12(10-17)9-13(18)19/h11-12H,4-10H2,1-3H3,(H,15,20)(H,18,19). The molecule has 0 radical (unpaired) electrons. The molecule has 6 nitrogen and oxygen atoms in total. The van der Waals surface area contributed by atoms with E-state index >= 15 is 0 Å². The molecule has 0 aromatic heterocycles. The van der Waals surface area contributed by atoms with Crippen LogP contribution in [0.3, 0.4) is 0 Å². The van der Waals surface area contributed by atoms with Gasteiger partial charge in [-0.2, -0.15) is 0 Å². The molecule has 0 spiro atoms. The predicted molar refractivity (Wildman–Crippen MR) is 77.7 cm³/mol. The first-order valence-electron chi connectivity index (χ1n) is 7.30. The highest BCUT2D eigenvalue weighted by Gasteiger charge is 2.25. The van der Waals surface area contributed by atoms with E-state index in [1.54, 1.807) is 4.90 Å². The number of urea groups is 1. The minimum atomic E-state index is -0.781. The van der Waals surface area contributed by atoms with E-state index < -0.39 is 5.97 Å². The molecular formula is C14H27N3O3. The van der Waals surface area contributed by atoms with Gasteiger partial charge < -0.3 is 20.2 Å². The molecule has 2 N–H and O–H groups in total. The van der Waals surface area contributed by atoms with Crippen LogP contribution in [0.4, 0.5) is 4.79 Å². The van der Waals surface area contributed by atoms with Gasteiger partial charge in [-0.15, -0.1) is 0 Å². The molecule has 1 aliphatic heterocycles. The Bertz CT molecular complexity index is 334. The van der Waals surface area contributed by atoms with Gasteiger partial charge in [0.25, 0.3) is 0 Å². The van der Waals surface area contributed by atoms with Crippen molar-refractivity contribution in [2.24, 2.45) is 5.92 Å². The summed E-state index contributed by atoms with van der Waals surface area (Å²) in [5.41, 5.74) is 0. The molecule has 20 heavy (non-hydrogen) atoms. The first kappa shape index (κ1) is 16.8. The molecule has 1 rings (SSSR count). The number of hydrogen-bond acceptors (Lipinski definition) is 3. The topological polar surface area (TPSA) is 72.9 Å². The minimum Gasteiger partial charge on any atom is -0.481 e. The number of amides is 2. The molecule has 116 valence electrons. The zero-order chi connectivity index (χ0) is 15.1. The number of likely N-dealkylation sites (tertiary alicyclic amines) is 1. The summed E-state index contributed by atoms with van der Waals surface area (Å²) in [6, 6.07) is 0.0658. The van der Waals surface area contributed by atoms with E-state index in [9.17, 15) is 9.59 Å². The number of carbonyl (C=O) groups excluding carboxylic acids is 1. The predicted octanol–water partition coefficient (Wildman–Crippen LogP) is 1.22. The number of piperidine rings is 1. The summed E-state index contributed by atoms with van der Waals surface area (Å²) in [6.07, 6.45) is 2.84. The molecule has 0 bridgehead atoms. The Morgan fingerprint density at radius 3 is 2.75 bits per heavy atom. The average molecular weight is 285 g/mol. The van der Waals surface area contributed by atoms with Crippen LogP contribution < -0.4 is 5.32 Å². The number of carboxylic acid groups (broad SMARTS) is 1. The van der Waals surface area contributed by atoms with Crippen LogP contribution in [0.2, 0.25) is 0 Å². The highest BCUT2D eigenvalue weighted by atomic mass is 16.4. The van der Waals surface area contributed by atoms with Crippen LogP contribution in [0.5, 0.6) is 0 Å². The SMILES string of the molecule is CC(CCN(C)C)NC(=O)N1CCCC(CC(=O)O)C1. The second-order valence-electron chi connectivity index (χ2n) is 5.99. The van der Waals surface area contributed by atoms with Crippen LogP contribution in [-0.4, -0.2) is 66.7 Å². The molecule has 0 aliphatic carbocycles. The normalized spacial score (nSPS) is 20.8. The molecule has 1 fully saturated rings. The fraction of sp³-hybridized carbons (Fsp3) is 0.857. The van der Waals surface area contributed by atoms with Gasteiger partial charge in [-0.25, -0.2) is 4.79 Å². The molecule has 2 atom stereocenters. The molecule has 1 aliphatic rings. The van der Waals surface area contributed by atoms with Crippen LogP contribution in [0, 0.1) is 5.92 Å². The van der Waals surface area contributed by atoms with E-state index in [0.29, 0.717) is 6.54 Å². The minimum absolute atomic E-state index is 0.0636. The first-order valence-corrected chi connectivity index (χ1v) is 7.30. The van der Waals surface area contributed by atoms with Crippen molar-refractivity contribution in [3.05, 3.63) is 0 Å². The van der Waals surface area contributed by atoms with E-state index in [0.717, 1.165) is 32.4 Å². The second-order valence-corrected chi connectivity index (χ2v) is 5.99. The number of nitrogens with one attached hydrogen (secondary N) is 1. The van der Waals surface area contributed by atoms with Crippen molar-refractivity contribution in [1.29, 1.82) is 0 Å². The summed E-state index contributed by atoms with van der Waals surface area (Å²) in [6.45, 7) is 4.21. The molecule has 2 unspecified atom stereocenters. The Morgan fingerprint density at radius 1 is 1.45 bits per heavy atom. The fourth-order valence-corrected chi connectivity index (χ4v) is 2.49. The molecular weight excluding hydrogens is 258 g/mol. The summed E-state index contributed by atoms with van der Waals surface area (Å²) in [5, 5.41) is 11.8. The third kappa shape index (κ3) is 6.23. The fourth-order valence-electron chi connectivity index (χ4n) is 2.49. The van der Waals surface area contributed by atoms with Crippen LogP contribution in [0.15, 0.2) is 0 Å². The van der Waals surface area contributed by atoms with Gasteiger partial charge in [-0.1, -0.05) is 0 Å². The van der Waals surface area contributed by atoms with Gasteiger partial charge in [0.05, 0.1) is 0 Å². The summed E-state index contributed by atoms with van der Waals surface area (Å²) in [5.74, 6) is -0.694. The number of hydrogen-bond donors (Lipinski definition) is 2. The first-order chi connectivity index (χ1) is 9.38.